The Morgan fingerprint density at radius 1 is 0.821 bits per heavy atom. The summed E-state index contributed by atoms with van der Waals surface area (Å²) in [6.07, 6.45) is 0.204. The summed E-state index contributed by atoms with van der Waals surface area (Å²) >= 11 is 5.90. The number of aliphatic carboxylic acids is 2. The number of hydrogen-bond acceptors (Lipinski definition) is 3. The van der Waals surface area contributed by atoms with Gasteiger partial charge in [-0.05, 0) is 42.0 Å². The molecule has 2 N–H and O–H groups in total. The van der Waals surface area contributed by atoms with Gasteiger partial charge in [0, 0.05) is 16.5 Å². The quantitative estimate of drug-likeness (QED) is 0.453. The third-order valence-corrected chi connectivity index (χ3v) is 4.84. The zero-order chi connectivity index (χ0) is 20.8. The largest absolute Gasteiger partial charge is 0.481 e. The van der Waals surface area contributed by atoms with Gasteiger partial charge in [0.2, 0.25) is 0 Å². The van der Waals surface area contributed by atoms with Crippen LogP contribution in [0.1, 0.15) is 37.0 Å². The number of ketones is 1. The predicted octanol–water partition coefficient (Wildman–Crippen LogP) is 5.03. The third-order valence-electron chi connectivity index (χ3n) is 4.59. The van der Waals surface area contributed by atoms with E-state index < -0.39 is 23.8 Å². The molecular formula is C22H23ClO5. The third kappa shape index (κ3) is 5.67. The van der Waals surface area contributed by atoms with Crippen LogP contribution in [0.15, 0.2) is 48.5 Å². The van der Waals surface area contributed by atoms with Crippen LogP contribution in [-0.4, -0.2) is 27.9 Å². The number of Topliss-reactive ketones (excluding diaryl/α,β-unsaturated/α-hetero) is 1. The van der Waals surface area contributed by atoms with E-state index in [4.69, 9.17) is 21.8 Å². The van der Waals surface area contributed by atoms with Crippen molar-refractivity contribution < 1.29 is 24.6 Å². The Hall–Kier alpha value is -2.66. The number of rotatable bonds is 9. The van der Waals surface area contributed by atoms with Crippen LogP contribution in [0.3, 0.4) is 0 Å². The molecule has 2 rings (SSSR count). The van der Waals surface area contributed by atoms with Gasteiger partial charge in [-0.15, -0.1) is 0 Å². The molecule has 0 aliphatic carbocycles. The lowest BCUT2D eigenvalue weighted by Gasteiger charge is -2.20. The fourth-order valence-electron chi connectivity index (χ4n) is 3.18. The summed E-state index contributed by atoms with van der Waals surface area (Å²) in [5.74, 6) is -5.21. The molecule has 0 amide bonds. The Morgan fingerprint density at radius 3 is 1.71 bits per heavy atom. The van der Waals surface area contributed by atoms with E-state index in [9.17, 15) is 14.4 Å². The molecule has 1 unspecified atom stereocenters. The van der Waals surface area contributed by atoms with E-state index in [1.165, 1.54) is 0 Å². The lowest BCUT2D eigenvalue weighted by Crippen LogP contribution is -2.29. The smallest absolute Gasteiger partial charge is 0.317 e. The minimum Gasteiger partial charge on any atom is -0.481 e. The van der Waals surface area contributed by atoms with Gasteiger partial charge in [-0.2, -0.15) is 0 Å². The van der Waals surface area contributed by atoms with Gasteiger partial charge < -0.3 is 10.2 Å². The maximum absolute atomic E-state index is 13.0. The summed E-state index contributed by atoms with van der Waals surface area (Å²) in [4.78, 5) is 35.4. The van der Waals surface area contributed by atoms with Gasteiger partial charge in [-0.3, -0.25) is 14.4 Å². The minimum absolute atomic E-state index is 0.130. The normalized spacial score (nSPS) is 12.2. The summed E-state index contributed by atoms with van der Waals surface area (Å²) in [5, 5.41) is 19.0. The standard InChI is InChI=1S/C22H23ClO5/c1-13(2)11-17(12-19(21(25)26)22(27)28)20(24)16-5-3-14(4-6-16)15-7-9-18(23)10-8-15/h3-10,13,17,19H,11-12H2,1-2H3,(H,25,26)(H,27,28). The van der Waals surface area contributed by atoms with Gasteiger partial charge in [0.15, 0.2) is 11.7 Å². The van der Waals surface area contributed by atoms with Crippen molar-refractivity contribution >= 4 is 29.3 Å². The summed E-state index contributed by atoms with van der Waals surface area (Å²) in [7, 11) is 0. The highest BCUT2D eigenvalue weighted by molar-refractivity contribution is 6.30. The molecule has 148 valence electrons. The van der Waals surface area contributed by atoms with Crippen molar-refractivity contribution in [2.45, 2.75) is 26.7 Å². The molecule has 0 aliphatic rings. The second kappa shape index (κ2) is 9.51. The predicted molar refractivity (Wildman–Crippen MR) is 108 cm³/mol. The van der Waals surface area contributed by atoms with Crippen molar-refractivity contribution in [1.82, 2.24) is 0 Å². The molecule has 6 heteroatoms. The number of carbonyl (C=O) groups excluding carboxylic acids is 1. The van der Waals surface area contributed by atoms with E-state index in [1.54, 1.807) is 24.3 Å². The molecule has 2 aromatic carbocycles. The lowest BCUT2D eigenvalue weighted by atomic mass is 9.82. The number of benzene rings is 2. The molecule has 0 fully saturated rings. The number of halogens is 1. The Labute approximate surface area is 169 Å². The second-order valence-electron chi connectivity index (χ2n) is 7.24. The molecule has 0 saturated carbocycles. The van der Waals surface area contributed by atoms with E-state index in [1.807, 2.05) is 38.1 Å². The molecule has 28 heavy (non-hydrogen) atoms. The molecule has 0 heterocycles. The number of hydrogen-bond donors (Lipinski definition) is 2. The van der Waals surface area contributed by atoms with E-state index in [2.05, 4.69) is 0 Å². The average molecular weight is 403 g/mol. The Kier molecular flexibility index (Phi) is 7.35. The first-order chi connectivity index (χ1) is 13.2. The molecule has 5 nitrogen and oxygen atoms in total. The molecule has 0 bridgehead atoms. The summed E-state index contributed by atoms with van der Waals surface area (Å²) in [6, 6.07) is 14.3. The molecular weight excluding hydrogens is 380 g/mol. The van der Waals surface area contributed by atoms with Crippen molar-refractivity contribution in [2.24, 2.45) is 17.8 Å². The second-order valence-corrected chi connectivity index (χ2v) is 7.68. The number of carboxylic acid groups (broad SMARTS) is 2. The zero-order valence-corrected chi connectivity index (χ0v) is 16.5. The van der Waals surface area contributed by atoms with Gasteiger partial charge in [0.1, 0.15) is 0 Å². The van der Waals surface area contributed by atoms with Gasteiger partial charge in [0.25, 0.3) is 0 Å². The average Bonchev–Trinajstić information content (AvgIpc) is 2.64. The van der Waals surface area contributed by atoms with Crippen LogP contribution in [0, 0.1) is 17.8 Å². The molecule has 1 atom stereocenters. The molecule has 0 aromatic heterocycles. The van der Waals surface area contributed by atoms with Crippen molar-refractivity contribution in [1.29, 1.82) is 0 Å². The monoisotopic (exact) mass is 402 g/mol. The SMILES string of the molecule is CC(C)CC(CC(C(=O)O)C(=O)O)C(=O)c1ccc(-c2ccc(Cl)cc2)cc1. The van der Waals surface area contributed by atoms with Crippen molar-refractivity contribution in [3.63, 3.8) is 0 Å². The van der Waals surface area contributed by atoms with Gasteiger partial charge >= 0.3 is 11.9 Å². The van der Waals surface area contributed by atoms with Crippen LogP contribution in [0.2, 0.25) is 5.02 Å². The summed E-state index contributed by atoms with van der Waals surface area (Å²) in [6.45, 7) is 3.83. The fraction of sp³-hybridized carbons (Fsp3) is 0.318. The fourth-order valence-corrected chi connectivity index (χ4v) is 3.30. The van der Waals surface area contributed by atoms with Crippen LogP contribution in [0.5, 0.6) is 0 Å². The van der Waals surface area contributed by atoms with E-state index in [0.29, 0.717) is 17.0 Å². The van der Waals surface area contributed by atoms with Crippen LogP contribution in [0.25, 0.3) is 11.1 Å². The van der Waals surface area contributed by atoms with Crippen LogP contribution >= 0.6 is 11.6 Å². The highest BCUT2D eigenvalue weighted by atomic mass is 35.5. The summed E-state index contributed by atoms with van der Waals surface area (Å²) in [5.41, 5.74) is 2.32. The Balaban J connectivity index is 2.24. The van der Waals surface area contributed by atoms with E-state index in [-0.39, 0.29) is 18.1 Å². The topological polar surface area (TPSA) is 91.7 Å². The van der Waals surface area contributed by atoms with Gasteiger partial charge in [0.05, 0.1) is 0 Å². The Morgan fingerprint density at radius 2 is 1.29 bits per heavy atom. The van der Waals surface area contributed by atoms with Crippen molar-refractivity contribution in [3.05, 3.63) is 59.1 Å². The first-order valence-corrected chi connectivity index (χ1v) is 9.42. The number of carbonyl (C=O) groups is 3. The minimum atomic E-state index is -1.60. The molecule has 0 spiro atoms. The maximum atomic E-state index is 13.0. The van der Waals surface area contributed by atoms with Crippen LogP contribution in [-0.2, 0) is 9.59 Å². The van der Waals surface area contributed by atoms with Gasteiger partial charge in [-0.25, -0.2) is 0 Å². The number of carboxylic acids is 2. The molecule has 0 saturated heterocycles. The lowest BCUT2D eigenvalue weighted by molar-refractivity contribution is -0.155. The Bertz CT molecular complexity index is 826. The van der Waals surface area contributed by atoms with Crippen molar-refractivity contribution in [3.8, 4) is 11.1 Å². The molecule has 2 aromatic rings. The highest BCUT2D eigenvalue weighted by Gasteiger charge is 2.33. The first-order valence-electron chi connectivity index (χ1n) is 9.05. The van der Waals surface area contributed by atoms with E-state index in [0.717, 1.165) is 11.1 Å². The zero-order valence-electron chi connectivity index (χ0n) is 15.8. The van der Waals surface area contributed by atoms with Crippen LogP contribution < -0.4 is 0 Å². The van der Waals surface area contributed by atoms with E-state index >= 15 is 0 Å². The summed E-state index contributed by atoms with van der Waals surface area (Å²) < 4.78 is 0. The maximum Gasteiger partial charge on any atom is 0.317 e. The highest BCUT2D eigenvalue weighted by Crippen LogP contribution is 2.27. The van der Waals surface area contributed by atoms with Crippen LogP contribution in [0.4, 0.5) is 0 Å². The first kappa shape index (κ1) is 21.6. The van der Waals surface area contributed by atoms with Crippen molar-refractivity contribution in [2.75, 3.05) is 0 Å². The van der Waals surface area contributed by atoms with Gasteiger partial charge in [-0.1, -0.05) is 61.8 Å². The molecule has 0 radical (unpaired) electrons. The molecule has 0 aliphatic heterocycles.